The van der Waals surface area contributed by atoms with Crippen molar-refractivity contribution in [3.8, 4) is 17.0 Å². The number of aromatic nitrogens is 3. The molecule has 0 aliphatic carbocycles. The number of nitrogens with zero attached hydrogens (tertiary/aromatic N) is 3. The molecule has 3 rings (SSSR count). The van der Waals surface area contributed by atoms with Crippen LogP contribution in [0, 0.1) is 0 Å². The van der Waals surface area contributed by atoms with Crippen LogP contribution in [0.25, 0.3) is 11.3 Å². The van der Waals surface area contributed by atoms with Crippen molar-refractivity contribution in [1.29, 1.82) is 0 Å². The lowest BCUT2D eigenvalue weighted by atomic mass is 10.1. The average molecular weight is 300 g/mol. The number of pyridine rings is 1. The second-order valence-electron chi connectivity index (χ2n) is 4.57. The highest BCUT2D eigenvalue weighted by Crippen LogP contribution is 2.29. The summed E-state index contributed by atoms with van der Waals surface area (Å²) in [6.07, 6.45) is 3.66. The van der Waals surface area contributed by atoms with Gasteiger partial charge >= 0.3 is 0 Å². The number of hydrogen-bond donors (Lipinski definition) is 0. The summed E-state index contributed by atoms with van der Waals surface area (Å²) in [4.78, 5) is 4.69. The molecular weight excluding hydrogens is 286 g/mol. The van der Waals surface area contributed by atoms with E-state index in [1.54, 1.807) is 13.3 Å². The molecule has 4 nitrogen and oxygen atoms in total. The second-order valence-corrected chi connectivity index (χ2v) is 5.00. The van der Waals surface area contributed by atoms with Crippen molar-refractivity contribution < 1.29 is 4.74 Å². The molecule has 0 amide bonds. The highest BCUT2D eigenvalue weighted by Gasteiger charge is 2.10. The van der Waals surface area contributed by atoms with E-state index in [2.05, 4.69) is 10.1 Å². The van der Waals surface area contributed by atoms with Gasteiger partial charge in [0, 0.05) is 23.0 Å². The zero-order valence-electron chi connectivity index (χ0n) is 11.5. The molecule has 0 spiro atoms. The van der Waals surface area contributed by atoms with Crippen molar-refractivity contribution in [1.82, 2.24) is 14.8 Å². The minimum absolute atomic E-state index is 0.616. The highest BCUT2D eigenvalue weighted by atomic mass is 35.5. The third kappa shape index (κ3) is 3.06. The topological polar surface area (TPSA) is 39.9 Å². The van der Waals surface area contributed by atoms with Gasteiger partial charge in [-0.05, 0) is 30.3 Å². The van der Waals surface area contributed by atoms with Crippen LogP contribution in [0.3, 0.4) is 0 Å². The summed E-state index contributed by atoms with van der Waals surface area (Å²) in [6.45, 7) is 0.616. The Morgan fingerprint density at radius 2 is 2.10 bits per heavy atom. The van der Waals surface area contributed by atoms with E-state index >= 15 is 0 Å². The normalized spacial score (nSPS) is 10.6. The number of halogens is 1. The highest BCUT2D eigenvalue weighted by molar-refractivity contribution is 6.30. The van der Waals surface area contributed by atoms with Crippen molar-refractivity contribution in [3.05, 3.63) is 65.6 Å². The standard InChI is InChI=1S/C16H14ClN3O/c1-21-15-7-6-14(11-20-9-3-8-18-20)19-16(15)12-4-2-5-13(17)10-12/h2-10H,11H2,1H3. The Bertz CT molecular complexity index is 741. The van der Waals surface area contributed by atoms with Crippen LogP contribution in [0.2, 0.25) is 5.02 Å². The Morgan fingerprint density at radius 3 is 2.81 bits per heavy atom. The van der Waals surface area contributed by atoms with Crippen molar-refractivity contribution in [2.75, 3.05) is 7.11 Å². The molecule has 0 saturated carbocycles. The molecular formula is C16H14ClN3O. The van der Waals surface area contributed by atoms with Gasteiger partial charge in [-0.3, -0.25) is 4.68 Å². The van der Waals surface area contributed by atoms with Crippen LogP contribution in [-0.2, 0) is 6.54 Å². The number of hydrogen-bond acceptors (Lipinski definition) is 3. The fraction of sp³-hybridized carbons (Fsp3) is 0.125. The van der Waals surface area contributed by atoms with E-state index < -0.39 is 0 Å². The van der Waals surface area contributed by atoms with Gasteiger partial charge in [-0.15, -0.1) is 0 Å². The van der Waals surface area contributed by atoms with Gasteiger partial charge in [0.2, 0.25) is 0 Å². The van der Waals surface area contributed by atoms with Crippen LogP contribution in [0.4, 0.5) is 0 Å². The van der Waals surface area contributed by atoms with Crippen LogP contribution in [0.15, 0.2) is 54.9 Å². The van der Waals surface area contributed by atoms with Crippen LogP contribution in [0.5, 0.6) is 5.75 Å². The lowest BCUT2D eigenvalue weighted by Gasteiger charge is -2.10. The first-order chi connectivity index (χ1) is 10.3. The van der Waals surface area contributed by atoms with Gasteiger partial charge in [-0.2, -0.15) is 5.10 Å². The van der Waals surface area contributed by atoms with Gasteiger partial charge in [-0.1, -0.05) is 23.7 Å². The molecule has 2 heterocycles. The molecule has 21 heavy (non-hydrogen) atoms. The first-order valence-electron chi connectivity index (χ1n) is 6.53. The molecule has 0 radical (unpaired) electrons. The maximum Gasteiger partial charge on any atom is 0.145 e. The van der Waals surface area contributed by atoms with E-state index in [1.807, 2.05) is 53.3 Å². The maximum absolute atomic E-state index is 6.06. The molecule has 2 aromatic heterocycles. The van der Waals surface area contributed by atoms with Crippen molar-refractivity contribution in [2.24, 2.45) is 0 Å². The summed E-state index contributed by atoms with van der Waals surface area (Å²) in [5.41, 5.74) is 2.63. The first kappa shape index (κ1) is 13.6. The molecule has 1 aromatic carbocycles. The fourth-order valence-corrected chi connectivity index (χ4v) is 2.33. The van der Waals surface area contributed by atoms with Crippen LogP contribution in [-0.4, -0.2) is 21.9 Å². The predicted octanol–water partition coefficient (Wildman–Crippen LogP) is 3.66. The Hall–Kier alpha value is -2.33. The van der Waals surface area contributed by atoms with Gasteiger partial charge in [0.15, 0.2) is 0 Å². The quantitative estimate of drug-likeness (QED) is 0.738. The van der Waals surface area contributed by atoms with Crippen LogP contribution >= 0.6 is 11.6 Å². The lowest BCUT2D eigenvalue weighted by molar-refractivity contribution is 0.414. The summed E-state index contributed by atoms with van der Waals surface area (Å²) in [7, 11) is 1.64. The Kier molecular flexibility index (Phi) is 3.88. The van der Waals surface area contributed by atoms with E-state index in [0.717, 1.165) is 22.7 Å². The van der Waals surface area contributed by atoms with Crippen molar-refractivity contribution >= 4 is 11.6 Å². The zero-order chi connectivity index (χ0) is 14.7. The Morgan fingerprint density at radius 1 is 1.19 bits per heavy atom. The van der Waals surface area contributed by atoms with Crippen molar-refractivity contribution in [3.63, 3.8) is 0 Å². The molecule has 0 fully saturated rings. The molecule has 0 N–H and O–H groups in total. The smallest absolute Gasteiger partial charge is 0.145 e. The average Bonchev–Trinajstić information content (AvgIpc) is 3.00. The Balaban J connectivity index is 2.01. The predicted molar refractivity (Wildman–Crippen MR) is 82.6 cm³/mol. The zero-order valence-corrected chi connectivity index (χ0v) is 12.3. The number of methoxy groups -OCH3 is 1. The molecule has 0 unspecified atom stereocenters. The molecule has 0 atom stereocenters. The van der Waals surface area contributed by atoms with Gasteiger partial charge < -0.3 is 4.74 Å². The second kappa shape index (κ2) is 5.97. The van der Waals surface area contributed by atoms with Crippen LogP contribution in [0.1, 0.15) is 5.69 Å². The summed E-state index contributed by atoms with van der Waals surface area (Å²) < 4.78 is 7.23. The summed E-state index contributed by atoms with van der Waals surface area (Å²) in [5.74, 6) is 0.724. The monoisotopic (exact) mass is 299 g/mol. The summed E-state index contributed by atoms with van der Waals surface area (Å²) in [5, 5.41) is 4.87. The molecule has 3 aromatic rings. The minimum atomic E-state index is 0.616. The van der Waals surface area contributed by atoms with Gasteiger partial charge in [0.1, 0.15) is 11.4 Å². The first-order valence-corrected chi connectivity index (χ1v) is 6.91. The largest absolute Gasteiger partial charge is 0.494 e. The molecule has 106 valence electrons. The Labute approximate surface area is 128 Å². The maximum atomic E-state index is 6.06. The van der Waals surface area contributed by atoms with E-state index in [1.165, 1.54) is 0 Å². The molecule has 0 bridgehead atoms. The van der Waals surface area contributed by atoms with Gasteiger partial charge in [-0.25, -0.2) is 4.98 Å². The van der Waals surface area contributed by atoms with E-state index in [-0.39, 0.29) is 0 Å². The van der Waals surface area contributed by atoms with E-state index in [9.17, 15) is 0 Å². The minimum Gasteiger partial charge on any atom is -0.494 e. The lowest BCUT2D eigenvalue weighted by Crippen LogP contribution is -2.03. The number of rotatable bonds is 4. The van der Waals surface area contributed by atoms with E-state index in [4.69, 9.17) is 16.3 Å². The summed E-state index contributed by atoms with van der Waals surface area (Å²) in [6, 6.07) is 13.3. The SMILES string of the molecule is COc1ccc(Cn2cccn2)nc1-c1cccc(Cl)c1. The molecule has 0 aliphatic rings. The van der Waals surface area contributed by atoms with Gasteiger partial charge in [0.05, 0.1) is 19.3 Å². The third-order valence-electron chi connectivity index (χ3n) is 3.12. The number of ether oxygens (including phenoxy) is 1. The molecule has 0 saturated heterocycles. The van der Waals surface area contributed by atoms with Crippen LogP contribution < -0.4 is 4.74 Å². The number of benzene rings is 1. The fourth-order valence-electron chi connectivity index (χ4n) is 2.14. The van der Waals surface area contributed by atoms with Crippen molar-refractivity contribution in [2.45, 2.75) is 6.54 Å². The molecule has 0 aliphatic heterocycles. The summed E-state index contributed by atoms with van der Waals surface area (Å²) >= 11 is 6.06. The third-order valence-corrected chi connectivity index (χ3v) is 3.35. The van der Waals surface area contributed by atoms with Gasteiger partial charge in [0.25, 0.3) is 0 Å². The van der Waals surface area contributed by atoms with E-state index in [0.29, 0.717) is 11.6 Å². The molecule has 5 heteroatoms.